The Balaban J connectivity index is 3.16. The Kier molecular flexibility index (Phi) is 5.73. The minimum atomic E-state index is -1.48. The van der Waals surface area contributed by atoms with Crippen LogP contribution in [0.4, 0.5) is 0 Å². The smallest absolute Gasteiger partial charge is 0.316 e. The van der Waals surface area contributed by atoms with Gasteiger partial charge in [-0.25, -0.2) is 0 Å². The number of ether oxygens (including phenoxy) is 2. The number of hydrogen-bond acceptors (Lipinski definition) is 4. The summed E-state index contributed by atoms with van der Waals surface area (Å²) < 4.78 is 10.1. The van der Waals surface area contributed by atoms with Crippen LogP contribution in [0.5, 0.6) is 0 Å². The molecule has 0 saturated carbocycles. The van der Waals surface area contributed by atoms with Crippen molar-refractivity contribution in [2.45, 2.75) is 12.5 Å². The number of methoxy groups -OCH3 is 1. The monoisotopic (exact) mass is 264 g/mol. The molecule has 0 bridgehead atoms. The first kappa shape index (κ1) is 15.4. The highest BCUT2D eigenvalue weighted by atomic mass is 16.5. The molecule has 0 fully saturated rings. The molecular formula is C15H20O4. The van der Waals surface area contributed by atoms with Crippen LogP contribution in [-0.2, 0) is 19.9 Å². The van der Waals surface area contributed by atoms with Gasteiger partial charge in [-0.3, -0.25) is 4.79 Å². The summed E-state index contributed by atoms with van der Waals surface area (Å²) in [7, 11) is 1.47. The molecule has 4 nitrogen and oxygen atoms in total. The van der Waals surface area contributed by atoms with Crippen molar-refractivity contribution in [1.82, 2.24) is 0 Å². The lowest BCUT2D eigenvalue weighted by Gasteiger charge is -2.32. The number of carbonyl (C=O) groups is 1. The average molecular weight is 264 g/mol. The fourth-order valence-corrected chi connectivity index (χ4v) is 2.02. The molecule has 1 N–H and O–H groups in total. The van der Waals surface area contributed by atoms with Gasteiger partial charge in [0, 0.05) is 7.11 Å². The van der Waals surface area contributed by atoms with Gasteiger partial charge in [-0.2, -0.15) is 0 Å². The van der Waals surface area contributed by atoms with Crippen LogP contribution in [0.25, 0.3) is 0 Å². The van der Waals surface area contributed by atoms with Crippen LogP contribution in [0.1, 0.15) is 12.5 Å². The van der Waals surface area contributed by atoms with E-state index < -0.39 is 17.5 Å². The van der Waals surface area contributed by atoms with Crippen LogP contribution in [0.15, 0.2) is 43.0 Å². The van der Waals surface area contributed by atoms with Gasteiger partial charge in [0.15, 0.2) is 0 Å². The van der Waals surface area contributed by atoms with Gasteiger partial charge in [0.1, 0.15) is 11.5 Å². The van der Waals surface area contributed by atoms with Crippen LogP contribution >= 0.6 is 0 Å². The molecule has 0 aliphatic carbocycles. The second-order valence-corrected chi connectivity index (χ2v) is 4.19. The highest BCUT2D eigenvalue weighted by Crippen LogP contribution is 2.32. The van der Waals surface area contributed by atoms with Crippen molar-refractivity contribution in [1.29, 1.82) is 0 Å². The van der Waals surface area contributed by atoms with Gasteiger partial charge in [-0.15, -0.1) is 6.58 Å². The maximum absolute atomic E-state index is 12.0. The Hall–Kier alpha value is -1.65. The van der Waals surface area contributed by atoms with Crippen LogP contribution in [0.3, 0.4) is 0 Å². The summed E-state index contributed by atoms with van der Waals surface area (Å²) >= 11 is 0. The lowest BCUT2D eigenvalue weighted by Crippen LogP contribution is -2.43. The molecule has 0 radical (unpaired) electrons. The molecule has 0 heterocycles. The van der Waals surface area contributed by atoms with E-state index >= 15 is 0 Å². The predicted molar refractivity (Wildman–Crippen MR) is 72.5 cm³/mol. The number of esters is 1. The minimum absolute atomic E-state index is 0.0213. The van der Waals surface area contributed by atoms with Crippen molar-refractivity contribution >= 4 is 5.97 Å². The summed E-state index contributed by atoms with van der Waals surface area (Å²) in [4.78, 5) is 12.0. The molecule has 104 valence electrons. The Morgan fingerprint density at radius 3 is 2.58 bits per heavy atom. The number of benzene rings is 1. The molecule has 1 aromatic rings. The summed E-state index contributed by atoms with van der Waals surface area (Å²) in [5, 5.41) is 10.8. The molecule has 4 heteroatoms. The van der Waals surface area contributed by atoms with Gasteiger partial charge < -0.3 is 14.6 Å². The highest BCUT2D eigenvalue weighted by Gasteiger charge is 2.42. The topological polar surface area (TPSA) is 55.8 Å². The molecule has 0 amide bonds. The number of aliphatic hydroxyl groups is 1. The van der Waals surface area contributed by atoms with E-state index in [1.54, 1.807) is 31.2 Å². The average Bonchev–Trinajstić information content (AvgIpc) is 2.41. The zero-order valence-corrected chi connectivity index (χ0v) is 11.3. The zero-order valence-electron chi connectivity index (χ0n) is 11.3. The lowest BCUT2D eigenvalue weighted by atomic mass is 9.81. The van der Waals surface area contributed by atoms with E-state index in [-0.39, 0.29) is 13.2 Å². The van der Waals surface area contributed by atoms with Crippen molar-refractivity contribution in [3.8, 4) is 0 Å². The lowest BCUT2D eigenvalue weighted by molar-refractivity contribution is -0.159. The SMILES string of the molecule is C=C[C@@H](C(=O)OCC)[C@](O)(COC)c1ccccc1. The molecule has 0 unspecified atom stereocenters. The fourth-order valence-electron chi connectivity index (χ4n) is 2.02. The highest BCUT2D eigenvalue weighted by molar-refractivity contribution is 5.76. The van der Waals surface area contributed by atoms with E-state index in [0.717, 1.165) is 0 Å². The number of carbonyl (C=O) groups excluding carboxylic acids is 1. The summed E-state index contributed by atoms with van der Waals surface area (Å²) in [6.45, 7) is 5.57. The molecule has 0 aliphatic rings. The predicted octanol–water partition coefficient (Wildman–Crippen LogP) is 1.89. The summed E-state index contributed by atoms with van der Waals surface area (Å²) in [5.74, 6) is -1.39. The quantitative estimate of drug-likeness (QED) is 0.603. The minimum Gasteiger partial charge on any atom is -0.465 e. The van der Waals surface area contributed by atoms with E-state index in [9.17, 15) is 9.90 Å². The molecule has 2 atom stereocenters. The van der Waals surface area contributed by atoms with Crippen molar-refractivity contribution in [2.24, 2.45) is 5.92 Å². The van der Waals surface area contributed by atoms with Crippen LogP contribution in [0, 0.1) is 5.92 Å². The zero-order chi connectivity index (χ0) is 14.3. The van der Waals surface area contributed by atoms with Crippen LogP contribution in [-0.4, -0.2) is 31.4 Å². The molecular weight excluding hydrogens is 244 g/mol. The van der Waals surface area contributed by atoms with Crippen LogP contribution in [0.2, 0.25) is 0 Å². The number of hydrogen-bond donors (Lipinski definition) is 1. The summed E-state index contributed by atoms with van der Waals surface area (Å²) in [6.07, 6.45) is 1.39. The fraction of sp³-hybridized carbons (Fsp3) is 0.400. The van der Waals surface area contributed by atoms with E-state index in [2.05, 4.69) is 6.58 Å². The molecule has 1 aromatic carbocycles. The third-order valence-corrected chi connectivity index (χ3v) is 2.93. The first-order chi connectivity index (χ1) is 9.10. The van der Waals surface area contributed by atoms with Crippen molar-refractivity contribution in [2.75, 3.05) is 20.3 Å². The van der Waals surface area contributed by atoms with E-state index in [1.807, 2.05) is 6.07 Å². The first-order valence-corrected chi connectivity index (χ1v) is 6.16. The van der Waals surface area contributed by atoms with Gasteiger partial charge in [0.25, 0.3) is 0 Å². The maximum atomic E-state index is 12.0. The van der Waals surface area contributed by atoms with Crippen molar-refractivity contribution < 1.29 is 19.4 Å². The second kappa shape index (κ2) is 7.07. The standard InChI is InChI=1S/C15H20O4/c1-4-13(14(16)19-5-2)15(17,11-18-3)12-9-7-6-8-10-12/h4,6-10,13,17H,1,5,11H2,2-3H3/t13-,15-/m0/s1. The Morgan fingerprint density at radius 1 is 1.47 bits per heavy atom. The van der Waals surface area contributed by atoms with Crippen molar-refractivity contribution in [3.63, 3.8) is 0 Å². The van der Waals surface area contributed by atoms with Gasteiger partial charge in [0.05, 0.1) is 13.2 Å². The first-order valence-electron chi connectivity index (χ1n) is 6.16. The summed E-state index contributed by atoms with van der Waals surface area (Å²) in [6, 6.07) is 8.91. The van der Waals surface area contributed by atoms with Crippen LogP contribution < -0.4 is 0 Å². The molecule has 0 aliphatic heterocycles. The largest absolute Gasteiger partial charge is 0.465 e. The van der Waals surface area contributed by atoms with Gasteiger partial charge in [-0.1, -0.05) is 36.4 Å². The summed E-state index contributed by atoms with van der Waals surface area (Å²) in [5.41, 5.74) is -0.890. The van der Waals surface area contributed by atoms with Gasteiger partial charge >= 0.3 is 5.97 Å². The van der Waals surface area contributed by atoms with E-state index in [1.165, 1.54) is 13.2 Å². The van der Waals surface area contributed by atoms with Gasteiger partial charge in [-0.05, 0) is 12.5 Å². The molecule has 0 aromatic heterocycles. The van der Waals surface area contributed by atoms with E-state index in [4.69, 9.17) is 9.47 Å². The maximum Gasteiger partial charge on any atom is 0.316 e. The third-order valence-electron chi connectivity index (χ3n) is 2.93. The van der Waals surface area contributed by atoms with E-state index in [0.29, 0.717) is 5.56 Å². The molecule has 19 heavy (non-hydrogen) atoms. The second-order valence-electron chi connectivity index (χ2n) is 4.19. The Bertz CT molecular complexity index is 415. The van der Waals surface area contributed by atoms with Crippen molar-refractivity contribution in [3.05, 3.63) is 48.6 Å². The normalized spacial score (nSPS) is 15.3. The van der Waals surface area contributed by atoms with Gasteiger partial charge in [0.2, 0.25) is 0 Å². The Morgan fingerprint density at radius 2 is 2.11 bits per heavy atom. The Labute approximate surface area is 113 Å². The third kappa shape index (κ3) is 3.43. The number of rotatable bonds is 7. The molecule has 0 saturated heterocycles. The molecule has 1 rings (SSSR count). The molecule has 0 spiro atoms.